The van der Waals surface area contributed by atoms with Crippen LogP contribution in [-0.2, 0) is 10.2 Å². The Morgan fingerprint density at radius 2 is 1.74 bits per heavy atom. The molecule has 3 N–H and O–H groups in total. The van der Waals surface area contributed by atoms with Crippen LogP contribution >= 0.6 is 0 Å². The highest BCUT2D eigenvalue weighted by molar-refractivity contribution is 5.91. The predicted molar refractivity (Wildman–Crippen MR) is 137 cm³/mol. The molecule has 0 radical (unpaired) electrons. The Balaban J connectivity index is 1.66. The minimum Gasteiger partial charge on any atom is -0.478 e. The van der Waals surface area contributed by atoms with E-state index in [-0.39, 0.29) is 16.9 Å². The fourth-order valence-corrected chi connectivity index (χ4v) is 4.32. The van der Waals surface area contributed by atoms with Gasteiger partial charge in [-0.05, 0) is 63.9 Å². The van der Waals surface area contributed by atoms with E-state index in [0.29, 0.717) is 11.1 Å². The van der Waals surface area contributed by atoms with E-state index < -0.39 is 12.1 Å². The monoisotopic (exact) mass is 465 g/mol. The molecule has 176 valence electrons. The summed E-state index contributed by atoms with van der Waals surface area (Å²) in [7, 11) is 0. The van der Waals surface area contributed by atoms with Crippen LogP contribution in [0.25, 0.3) is 5.57 Å². The molecular formula is C30H27NO4. The molecule has 0 aromatic heterocycles. The molecule has 0 fully saturated rings. The van der Waals surface area contributed by atoms with Crippen LogP contribution in [0.15, 0.2) is 72.8 Å². The van der Waals surface area contributed by atoms with Crippen LogP contribution in [0.1, 0.15) is 71.5 Å². The average molecular weight is 466 g/mol. The second-order valence-electron chi connectivity index (χ2n) is 9.29. The van der Waals surface area contributed by atoms with Crippen LogP contribution in [0.2, 0.25) is 0 Å². The number of aliphatic hydroxyl groups is 1. The van der Waals surface area contributed by atoms with Gasteiger partial charge in [0.15, 0.2) is 0 Å². The summed E-state index contributed by atoms with van der Waals surface area (Å²) in [4.78, 5) is 22.7. The number of aliphatic hydroxyl groups excluding tert-OH is 1. The third-order valence-corrected chi connectivity index (χ3v) is 6.21. The van der Waals surface area contributed by atoms with Crippen molar-refractivity contribution in [3.05, 3.63) is 106 Å². The van der Waals surface area contributed by atoms with E-state index in [1.165, 1.54) is 13.0 Å². The number of carbonyl (C=O) groups excluding carboxylic acids is 1. The van der Waals surface area contributed by atoms with Gasteiger partial charge in [0.2, 0.25) is 5.91 Å². The highest BCUT2D eigenvalue weighted by atomic mass is 16.4. The van der Waals surface area contributed by atoms with Crippen LogP contribution in [-0.4, -0.2) is 22.1 Å². The molecule has 35 heavy (non-hydrogen) atoms. The summed E-state index contributed by atoms with van der Waals surface area (Å²) >= 11 is 0. The van der Waals surface area contributed by atoms with Crippen molar-refractivity contribution in [3.8, 4) is 11.8 Å². The molecule has 5 heteroatoms. The van der Waals surface area contributed by atoms with E-state index >= 15 is 0 Å². The number of benzene rings is 3. The molecule has 5 nitrogen and oxygen atoms in total. The SMILES string of the molecule is CC(=O)Nc1ccc(C2=CCC(C)(C)c3cc(C(O)C#Cc4ccccc4C(=O)O)ccc32)cc1. The Bertz CT molecular complexity index is 1390. The molecule has 1 amide bonds. The third-order valence-electron chi connectivity index (χ3n) is 6.21. The second kappa shape index (κ2) is 9.61. The zero-order valence-electron chi connectivity index (χ0n) is 19.9. The number of aromatic carboxylic acids is 1. The van der Waals surface area contributed by atoms with E-state index in [0.717, 1.165) is 34.4 Å². The number of amides is 1. The molecule has 0 bridgehead atoms. The topological polar surface area (TPSA) is 86.6 Å². The summed E-state index contributed by atoms with van der Waals surface area (Å²) in [6, 6.07) is 20.1. The van der Waals surface area contributed by atoms with Crippen LogP contribution < -0.4 is 5.32 Å². The largest absolute Gasteiger partial charge is 0.478 e. The molecule has 1 unspecified atom stereocenters. The van der Waals surface area contributed by atoms with E-state index in [2.05, 4.69) is 37.1 Å². The Labute approximate surface area is 205 Å². The number of fused-ring (bicyclic) bond motifs is 1. The van der Waals surface area contributed by atoms with Crippen molar-refractivity contribution in [2.45, 2.75) is 38.7 Å². The Kier molecular flexibility index (Phi) is 6.59. The number of hydrogen-bond donors (Lipinski definition) is 3. The summed E-state index contributed by atoms with van der Waals surface area (Å²) in [5.41, 5.74) is 6.13. The van der Waals surface area contributed by atoms with Crippen LogP contribution in [0.4, 0.5) is 5.69 Å². The highest BCUT2D eigenvalue weighted by Gasteiger charge is 2.29. The number of anilines is 1. The van der Waals surface area contributed by atoms with E-state index in [9.17, 15) is 19.8 Å². The molecule has 1 atom stereocenters. The normalized spacial score (nSPS) is 14.6. The molecule has 0 aliphatic heterocycles. The van der Waals surface area contributed by atoms with Crippen molar-refractivity contribution in [1.29, 1.82) is 0 Å². The van der Waals surface area contributed by atoms with E-state index in [1.54, 1.807) is 18.2 Å². The standard InChI is InChI=1S/C30H27NO4/c1-19(32)31-23-12-8-21(9-13-23)24-16-17-30(2,3)27-18-22(10-14-26(24)27)28(33)15-11-20-6-4-5-7-25(20)29(34)35/h4-10,12-14,16,18,28,33H,17H2,1-3H3,(H,31,32)(H,34,35). The van der Waals surface area contributed by atoms with Crippen LogP contribution in [0.5, 0.6) is 0 Å². The molecule has 3 aromatic carbocycles. The van der Waals surface area contributed by atoms with Gasteiger partial charge in [-0.3, -0.25) is 4.79 Å². The van der Waals surface area contributed by atoms with Crippen molar-refractivity contribution in [1.82, 2.24) is 0 Å². The maximum Gasteiger partial charge on any atom is 0.336 e. The second-order valence-corrected chi connectivity index (χ2v) is 9.29. The van der Waals surface area contributed by atoms with Crippen molar-refractivity contribution < 1.29 is 19.8 Å². The first kappa shape index (κ1) is 24.0. The number of hydrogen-bond acceptors (Lipinski definition) is 3. The summed E-state index contributed by atoms with van der Waals surface area (Å²) in [5.74, 6) is 4.47. The van der Waals surface area contributed by atoms with Crippen LogP contribution in [0.3, 0.4) is 0 Å². The Hall–Kier alpha value is -4.14. The molecule has 1 aliphatic carbocycles. The maximum absolute atomic E-state index is 11.4. The van der Waals surface area contributed by atoms with Gasteiger partial charge >= 0.3 is 5.97 Å². The van der Waals surface area contributed by atoms with Gasteiger partial charge in [-0.2, -0.15) is 0 Å². The molecule has 4 rings (SSSR count). The average Bonchev–Trinajstić information content (AvgIpc) is 2.83. The molecule has 0 spiro atoms. The lowest BCUT2D eigenvalue weighted by Crippen LogP contribution is -2.22. The van der Waals surface area contributed by atoms with Crippen molar-refractivity contribution in [3.63, 3.8) is 0 Å². The molecule has 0 heterocycles. The summed E-state index contributed by atoms with van der Waals surface area (Å²) in [6.07, 6.45) is 2.01. The van der Waals surface area contributed by atoms with Gasteiger partial charge in [0.05, 0.1) is 5.56 Å². The quantitative estimate of drug-likeness (QED) is 0.442. The van der Waals surface area contributed by atoms with Gasteiger partial charge in [0, 0.05) is 18.2 Å². The van der Waals surface area contributed by atoms with Crippen LogP contribution in [0, 0.1) is 11.8 Å². The first-order chi connectivity index (χ1) is 16.7. The van der Waals surface area contributed by atoms with E-state index in [4.69, 9.17) is 0 Å². The van der Waals surface area contributed by atoms with Crippen molar-refractivity contribution >= 4 is 23.1 Å². The number of nitrogens with one attached hydrogen (secondary N) is 1. The molecule has 0 saturated carbocycles. The highest BCUT2D eigenvalue weighted by Crippen LogP contribution is 2.42. The Morgan fingerprint density at radius 3 is 2.43 bits per heavy atom. The smallest absolute Gasteiger partial charge is 0.336 e. The fourth-order valence-electron chi connectivity index (χ4n) is 4.32. The minimum absolute atomic E-state index is 0.109. The Morgan fingerprint density at radius 1 is 1.03 bits per heavy atom. The van der Waals surface area contributed by atoms with Gasteiger partial charge in [-0.25, -0.2) is 4.79 Å². The number of carbonyl (C=O) groups is 2. The number of allylic oxidation sites excluding steroid dienone is 1. The fraction of sp³-hybridized carbons (Fsp3) is 0.200. The lowest BCUT2D eigenvalue weighted by molar-refractivity contribution is -0.114. The van der Waals surface area contributed by atoms with Gasteiger partial charge in [0.1, 0.15) is 6.10 Å². The number of carboxylic acids is 1. The minimum atomic E-state index is -1.05. The van der Waals surface area contributed by atoms with Gasteiger partial charge in [-0.1, -0.05) is 74.2 Å². The lowest BCUT2D eigenvalue weighted by atomic mass is 9.71. The zero-order chi connectivity index (χ0) is 25.2. The van der Waals surface area contributed by atoms with Gasteiger partial charge in [0.25, 0.3) is 0 Å². The zero-order valence-corrected chi connectivity index (χ0v) is 19.9. The first-order valence-corrected chi connectivity index (χ1v) is 11.4. The summed E-state index contributed by atoms with van der Waals surface area (Å²) in [6.45, 7) is 5.82. The number of rotatable bonds is 4. The molecule has 0 saturated heterocycles. The molecule has 1 aliphatic rings. The van der Waals surface area contributed by atoms with Crippen molar-refractivity contribution in [2.75, 3.05) is 5.32 Å². The van der Waals surface area contributed by atoms with Crippen molar-refractivity contribution in [2.24, 2.45) is 0 Å². The van der Waals surface area contributed by atoms with Gasteiger partial charge in [-0.15, -0.1) is 0 Å². The maximum atomic E-state index is 11.4. The molecule has 3 aromatic rings. The van der Waals surface area contributed by atoms with Gasteiger partial charge < -0.3 is 15.5 Å². The first-order valence-electron chi connectivity index (χ1n) is 11.4. The summed E-state index contributed by atoms with van der Waals surface area (Å²) in [5, 5.41) is 22.9. The number of carboxylic acid groups (broad SMARTS) is 1. The molecular weight excluding hydrogens is 438 g/mol. The lowest BCUT2D eigenvalue weighted by Gasteiger charge is -2.33. The predicted octanol–water partition coefficient (Wildman–Crippen LogP) is 5.54. The van der Waals surface area contributed by atoms with E-state index in [1.807, 2.05) is 42.5 Å². The third kappa shape index (κ3) is 5.18. The summed E-state index contributed by atoms with van der Waals surface area (Å²) < 4.78 is 0.